The van der Waals surface area contributed by atoms with Gasteiger partial charge in [0.2, 0.25) is 0 Å². The van der Waals surface area contributed by atoms with Gasteiger partial charge in [0.1, 0.15) is 17.5 Å². The highest BCUT2D eigenvalue weighted by Crippen LogP contribution is 2.62. The van der Waals surface area contributed by atoms with Crippen LogP contribution < -0.4 is 0 Å². The maximum absolute atomic E-state index is 12.9. The van der Waals surface area contributed by atoms with E-state index in [9.17, 15) is 26.3 Å². The topological polar surface area (TPSA) is 18.5 Å². The van der Waals surface area contributed by atoms with Crippen molar-refractivity contribution in [3.8, 4) is 0 Å². The number of rotatable bonds is 7. The Balaban J connectivity index is 0.000000301. The molecule has 3 aliphatic rings. The van der Waals surface area contributed by atoms with E-state index in [4.69, 9.17) is 9.47 Å². The molecule has 0 radical (unpaired) electrons. The fourth-order valence-corrected chi connectivity index (χ4v) is 5.14. The van der Waals surface area contributed by atoms with E-state index in [0.29, 0.717) is 30.4 Å². The highest BCUT2D eigenvalue weighted by molar-refractivity contribution is 5.21. The molecule has 2 nitrogen and oxygen atoms in total. The summed E-state index contributed by atoms with van der Waals surface area (Å²) in [5.41, 5.74) is 0.431. The minimum Gasteiger partial charge on any atom is -0.381 e. The summed E-state index contributed by atoms with van der Waals surface area (Å²) < 4.78 is 84.6. The summed E-state index contributed by atoms with van der Waals surface area (Å²) in [5.74, 6) is 1.89. The molecular formula is C40H62F6O2. The van der Waals surface area contributed by atoms with Crippen molar-refractivity contribution in [2.24, 2.45) is 29.1 Å². The van der Waals surface area contributed by atoms with Gasteiger partial charge in [0.25, 0.3) is 0 Å². The summed E-state index contributed by atoms with van der Waals surface area (Å²) in [6.45, 7) is 23.0. The van der Waals surface area contributed by atoms with Gasteiger partial charge in [0.15, 0.2) is 0 Å². The van der Waals surface area contributed by atoms with E-state index >= 15 is 0 Å². The maximum Gasteiger partial charge on any atom is 0.394 e. The Labute approximate surface area is 287 Å². The highest BCUT2D eigenvalue weighted by atomic mass is 19.4. The summed E-state index contributed by atoms with van der Waals surface area (Å²) in [6, 6.07) is 10.3. The van der Waals surface area contributed by atoms with Crippen molar-refractivity contribution in [1.82, 2.24) is 0 Å². The van der Waals surface area contributed by atoms with Crippen molar-refractivity contribution in [1.29, 1.82) is 0 Å². The van der Waals surface area contributed by atoms with Crippen molar-refractivity contribution in [2.45, 2.75) is 132 Å². The Bertz CT molecular complexity index is 1130. The van der Waals surface area contributed by atoms with Crippen LogP contribution in [-0.4, -0.2) is 32.1 Å². The smallest absolute Gasteiger partial charge is 0.381 e. The zero-order valence-electron chi connectivity index (χ0n) is 31.0. The van der Waals surface area contributed by atoms with Crippen LogP contribution in [0.4, 0.5) is 26.3 Å². The molecule has 0 aromatic heterocycles. The van der Waals surface area contributed by atoms with Crippen molar-refractivity contribution >= 4 is 0 Å². The minimum atomic E-state index is -3.97. The van der Waals surface area contributed by atoms with E-state index < -0.39 is 23.2 Å². The predicted octanol–water partition coefficient (Wildman–Crippen LogP) is 12.9. The Hall–Kier alpha value is -2.06. The first-order valence-corrected chi connectivity index (χ1v) is 17.8. The number of halogens is 6. The minimum absolute atomic E-state index is 0.107. The van der Waals surface area contributed by atoms with Crippen molar-refractivity contribution in [2.75, 3.05) is 19.8 Å². The van der Waals surface area contributed by atoms with E-state index in [1.807, 2.05) is 26.0 Å². The third-order valence-electron chi connectivity index (χ3n) is 9.15. The molecule has 0 N–H and O–H groups in total. The van der Waals surface area contributed by atoms with Gasteiger partial charge in [-0.2, -0.15) is 13.2 Å². The number of alkyl halides is 3. The Morgan fingerprint density at radius 3 is 1.56 bits per heavy atom. The monoisotopic (exact) mass is 688 g/mol. The maximum atomic E-state index is 12.9. The normalized spacial score (nSPS) is 17.1. The van der Waals surface area contributed by atoms with Gasteiger partial charge in [-0.15, -0.1) is 0 Å². The SMILES string of the molecule is CC(C)C1(C(F)(F)F)CC1.CC(C)C1CCOCC1.CC(C)OCC1CC1.CC(C)c1ccc(F)cc1.CC(C)c1ccc(F)cc1F. The Kier molecular flexibility index (Phi) is 19.4. The summed E-state index contributed by atoms with van der Waals surface area (Å²) in [5, 5.41) is 0. The molecule has 0 atom stereocenters. The molecule has 276 valence electrons. The van der Waals surface area contributed by atoms with Crippen LogP contribution in [0.15, 0.2) is 42.5 Å². The summed E-state index contributed by atoms with van der Waals surface area (Å²) in [4.78, 5) is 0. The van der Waals surface area contributed by atoms with Crippen LogP contribution in [0.25, 0.3) is 0 Å². The molecular weight excluding hydrogens is 626 g/mol. The van der Waals surface area contributed by atoms with Crippen LogP contribution in [0, 0.1) is 46.5 Å². The molecule has 0 spiro atoms. The molecule has 2 aliphatic carbocycles. The number of hydrogen-bond acceptors (Lipinski definition) is 2. The molecule has 8 heteroatoms. The lowest BCUT2D eigenvalue weighted by Crippen LogP contribution is -2.29. The largest absolute Gasteiger partial charge is 0.394 e. The lowest BCUT2D eigenvalue weighted by molar-refractivity contribution is -0.199. The second-order valence-corrected chi connectivity index (χ2v) is 14.9. The fraction of sp³-hybridized carbons (Fsp3) is 0.700. The van der Waals surface area contributed by atoms with Gasteiger partial charge in [0.05, 0.1) is 11.5 Å². The van der Waals surface area contributed by atoms with Crippen LogP contribution in [0.3, 0.4) is 0 Å². The molecule has 2 saturated carbocycles. The van der Waals surface area contributed by atoms with E-state index in [0.717, 1.165) is 43.6 Å². The molecule has 0 amide bonds. The number of benzene rings is 2. The van der Waals surface area contributed by atoms with Gasteiger partial charge in [-0.1, -0.05) is 73.6 Å². The van der Waals surface area contributed by atoms with Crippen LogP contribution in [-0.2, 0) is 9.47 Å². The number of ether oxygens (including phenoxy) is 2. The third kappa shape index (κ3) is 17.0. The molecule has 1 aliphatic heterocycles. The molecule has 2 aromatic rings. The average Bonchev–Trinajstić information content (AvgIpc) is 3.92. The van der Waals surface area contributed by atoms with Crippen LogP contribution in [0.5, 0.6) is 0 Å². The van der Waals surface area contributed by atoms with E-state index in [1.165, 1.54) is 55.5 Å². The first-order valence-electron chi connectivity index (χ1n) is 17.8. The van der Waals surface area contributed by atoms with Gasteiger partial charge in [-0.05, 0) is 117 Å². The van der Waals surface area contributed by atoms with E-state index in [2.05, 4.69) is 41.5 Å². The van der Waals surface area contributed by atoms with Crippen LogP contribution in [0.1, 0.15) is 131 Å². The Morgan fingerprint density at radius 1 is 0.729 bits per heavy atom. The second kappa shape index (κ2) is 21.2. The molecule has 48 heavy (non-hydrogen) atoms. The zero-order chi connectivity index (χ0) is 36.7. The first-order chi connectivity index (χ1) is 22.3. The molecule has 3 fully saturated rings. The lowest BCUT2D eigenvalue weighted by atomic mass is 9.89. The summed E-state index contributed by atoms with van der Waals surface area (Å²) in [7, 11) is 0. The zero-order valence-corrected chi connectivity index (χ0v) is 31.0. The van der Waals surface area contributed by atoms with Gasteiger partial charge >= 0.3 is 6.18 Å². The van der Waals surface area contributed by atoms with E-state index in [1.54, 1.807) is 13.8 Å². The van der Waals surface area contributed by atoms with E-state index in [-0.39, 0.29) is 17.7 Å². The van der Waals surface area contributed by atoms with Crippen molar-refractivity contribution in [3.63, 3.8) is 0 Å². The van der Waals surface area contributed by atoms with Crippen molar-refractivity contribution in [3.05, 3.63) is 71.0 Å². The number of hydrogen-bond donors (Lipinski definition) is 0. The van der Waals surface area contributed by atoms with Crippen LogP contribution >= 0.6 is 0 Å². The van der Waals surface area contributed by atoms with Gasteiger partial charge in [-0.25, -0.2) is 13.2 Å². The molecule has 0 unspecified atom stereocenters. The standard InChI is InChI=1S/C9H10F2.C9H11F.C8H16O.C7H11F3.C7H14O/c1-6(2)8-4-3-7(10)5-9(8)11;1-7(2)8-3-5-9(10)6-4-8;1-7(2)8-3-5-9-6-4-8;1-5(2)6(3-4-6)7(8,9)10;1-6(2)8-5-7-3-4-7/h3-6H,1-2H3;3-7H,1-2H3;7-8H,3-6H2,1-2H3;5H,3-4H2,1-2H3;6-7H,3-5H2,1-2H3. The summed E-state index contributed by atoms with van der Waals surface area (Å²) in [6.07, 6.45) is 2.45. The average molecular weight is 689 g/mol. The quantitative estimate of drug-likeness (QED) is 0.270. The second-order valence-electron chi connectivity index (χ2n) is 14.9. The molecule has 2 aromatic carbocycles. The molecule has 0 bridgehead atoms. The summed E-state index contributed by atoms with van der Waals surface area (Å²) >= 11 is 0. The molecule has 1 heterocycles. The highest BCUT2D eigenvalue weighted by Gasteiger charge is 2.64. The van der Waals surface area contributed by atoms with Crippen LogP contribution in [0.2, 0.25) is 0 Å². The van der Waals surface area contributed by atoms with Gasteiger partial charge in [-0.3, -0.25) is 0 Å². The fourth-order valence-electron chi connectivity index (χ4n) is 5.14. The molecule has 5 rings (SSSR count). The van der Waals surface area contributed by atoms with Gasteiger partial charge < -0.3 is 9.47 Å². The predicted molar refractivity (Wildman–Crippen MR) is 186 cm³/mol. The van der Waals surface area contributed by atoms with Gasteiger partial charge in [0, 0.05) is 25.9 Å². The van der Waals surface area contributed by atoms with Crippen molar-refractivity contribution < 1.29 is 35.8 Å². The Morgan fingerprint density at radius 2 is 1.25 bits per heavy atom. The first kappa shape index (κ1) is 44.0. The molecule has 1 saturated heterocycles. The lowest BCUT2D eigenvalue weighted by Gasteiger charge is -2.24. The third-order valence-corrected chi connectivity index (χ3v) is 9.15.